The lowest BCUT2D eigenvalue weighted by atomic mass is 10.1. The molecule has 0 aromatic heterocycles. The third-order valence-corrected chi connectivity index (χ3v) is 3.22. The molecule has 1 fully saturated rings. The molecule has 1 amide bonds. The maximum absolute atomic E-state index is 12.0. The predicted octanol–water partition coefficient (Wildman–Crippen LogP) is 1.42. The van der Waals surface area contributed by atoms with Gasteiger partial charge in [-0.05, 0) is 30.7 Å². The molecular formula is C14H20N2O. The third-order valence-electron chi connectivity index (χ3n) is 3.22. The van der Waals surface area contributed by atoms with E-state index in [1.807, 2.05) is 37.4 Å². The van der Waals surface area contributed by atoms with E-state index in [0.29, 0.717) is 12.3 Å². The van der Waals surface area contributed by atoms with Crippen molar-refractivity contribution >= 4 is 5.91 Å². The number of likely N-dealkylation sites (N-methyl/N-ethyl adjacent to an activating group) is 1. The molecule has 1 aromatic carbocycles. The van der Waals surface area contributed by atoms with Crippen LogP contribution in [0.1, 0.15) is 18.4 Å². The van der Waals surface area contributed by atoms with Gasteiger partial charge in [0.15, 0.2) is 0 Å². The molecule has 0 heterocycles. The van der Waals surface area contributed by atoms with E-state index < -0.39 is 6.04 Å². The molecule has 0 bridgehead atoms. The van der Waals surface area contributed by atoms with E-state index in [0.717, 1.165) is 12.1 Å². The molecule has 1 atom stereocenters. The first-order valence-corrected chi connectivity index (χ1v) is 6.21. The second-order valence-electron chi connectivity index (χ2n) is 4.96. The van der Waals surface area contributed by atoms with Crippen LogP contribution in [-0.2, 0) is 11.2 Å². The van der Waals surface area contributed by atoms with Crippen molar-refractivity contribution in [3.63, 3.8) is 0 Å². The van der Waals surface area contributed by atoms with Crippen LogP contribution in [0.5, 0.6) is 0 Å². The standard InChI is InChI=1S/C14H20N2O/c1-16(10-12-7-8-12)14(17)13(15)9-11-5-3-2-4-6-11/h2-6,12-13H,7-10,15H2,1H3/t13-/m1/s1. The number of benzene rings is 1. The number of rotatable bonds is 5. The molecule has 1 aliphatic rings. The van der Waals surface area contributed by atoms with E-state index in [1.165, 1.54) is 12.8 Å². The second kappa shape index (κ2) is 5.32. The summed E-state index contributed by atoms with van der Waals surface area (Å²) in [5.41, 5.74) is 7.07. The van der Waals surface area contributed by atoms with Crippen molar-refractivity contribution in [2.24, 2.45) is 11.7 Å². The number of amides is 1. The van der Waals surface area contributed by atoms with E-state index in [4.69, 9.17) is 5.73 Å². The molecule has 2 rings (SSSR count). The zero-order valence-electron chi connectivity index (χ0n) is 10.3. The quantitative estimate of drug-likeness (QED) is 0.834. The highest BCUT2D eigenvalue weighted by Gasteiger charge is 2.26. The minimum absolute atomic E-state index is 0.0563. The molecule has 0 unspecified atom stereocenters. The Bertz CT molecular complexity index is 373. The smallest absolute Gasteiger partial charge is 0.239 e. The van der Waals surface area contributed by atoms with Crippen LogP contribution in [0.25, 0.3) is 0 Å². The Labute approximate surface area is 103 Å². The minimum atomic E-state index is -0.416. The van der Waals surface area contributed by atoms with Crippen molar-refractivity contribution in [3.05, 3.63) is 35.9 Å². The van der Waals surface area contributed by atoms with Crippen LogP contribution in [0.4, 0.5) is 0 Å². The van der Waals surface area contributed by atoms with Crippen LogP contribution in [0, 0.1) is 5.92 Å². The summed E-state index contributed by atoms with van der Waals surface area (Å²) in [6.07, 6.45) is 3.13. The lowest BCUT2D eigenvalue weighted by Gasteiger charge is -2.21. The zero-order chi connectivity index (χ0) is 12.3. The van der Waals surface area contributed by atoms with Gasteiger partial charge >= 0.3 is 0 Å². The van der Waals surface area contributed by atoms with Crippen LogP contribution in [0.2, 0.25) is 0 Å². The molecule has 1 aliphatic carbocycles. The first kappa shape index (κ1) is 12.1. The highest BCUT2D eigenvalue weighted by Crippen LogP contribution is 2.29. The van der Waals surface area contributed by atoms with E-state index in [1.54, 1.807) is 4.90 Å². The Kier molecular flexibility index (Phi) is 3.79. The Hall–Kier alpha value is -1.35. The molecule has 0 spiro atoms. The lowest BCUT2D eigenvalue weighted by molar-refractivity contribution is -0.131. The van der Waals surface area contributed by atoms with Crippen molar-refractivity contribution < 1.29 is 4.79 Å². The summed E-state index contributed by atoms with van der Waals surface area (Å²) in [6, 6.07) is 9.51. The summed E-state index contributed by atoms with van der Waals surface area (Å²) in [5.74, 6) is 0.772. The predicted molar refractivity (Wildman–Crippen MR) is 68.5 cm³/mol. The molecule has 1 saturated carbocycles. The molecule has 17 heavy (non-hydrogen) atoms. The van der Waals surface area contributed by atoms with Crippen LogP contribution in [0.15, 0.2) is 30.3 Å². The molecule has 0 saturated heterocycles. The first-order chi connectivity index (χ1) is 8.16. The fourth-order valence-electron chi connectivity index (χ4n) is 2.02. The SMILES string of the molecule is CN(CC1CC1)C(=O)[C@H](N)Cc1ccccc1. The van der Waals surface area contributed by atoms with Crippen molar-refractivity contribution in [2.45, 2.75) is 25.3 Å². The molecule has 92 valence electrons. The highest BCUT2D eigenvalue weighted by atomic mass is 16.2. The van der Waals surface area contributed by atoms with Gasteiger partial charge in [0.2, 0.25) is 5.91 Å². The summed E-state index contributed by atoms with van der Waals surface area (Å²) >= 11 is 0. The lowest BCUT2D eigenvalue weighted by Crippen LogP contribution is -2.43. The number of carbonyl (C=O) groups excluding carboxylic acids is 1. The average Bonchev–Trinajstić information content (AvgIpc) is 3.13. The molecule has 0 aliphatic heterocycles. The topological polar surface area (TPSA) is 46.3 Å². The van der Waals surface area contributed by atoms with Crippen LogP contribution in [-0.4, -0.2) is 30.4 Å². The monoisotopic (exact) mass is 232 g/mol. The van der Waals surface area contributed by atoms with Gasteiger partial charge < -0.3 is 10.6 Å². The van der Waals surface area contributed by atoms with Gasteiger partial charge in [-0.15, -0.1) is 0 Å². The van der Waals surface area contributed by atoms with Gasteiger partial charge in [-0.25, -0.2) is 0 Å². The molecular weight excluding hydrogens is 212 g/mol. The van der Waals surface area contributed by atoms with Crippen LogP contribution in [0.3, 0.4) is 0 Å². The van der Waals surface area contributed by atoms with Crippen molar-refractivity contribution in [3.8, 4) is 0 Å². The second-order valence-corrected chi connectivity index (χ2v) is 4.96. The van der Waals surface area contributed by atoms with Gasteiger partial charge in [0, 0.05) is 13.6 Å². The zero-order valence-corrected chi connectivity index (χ0v) is 10.3. The molecule has 3 heteroatoms. The highest BCUT2D eigenvalue weighted by molar-refractivity contribution is 5.81. The van der Waals surface area contributed by atoms with E-state index in [2.05, 4.69) is 0 Å². The molecule has 2 N–H and O–H groups in total. The van der Waals surface area contributed by atoms with Crippen LogP contribution >= 0.6 is 0 Å². The molecule has 0 radical (unpaired) electrons. The maximum Gasteiger partial charge on any atom is 0.239 e. The Morgan fingerprint density at radius 1 is 1.41 bits per heavy atom. The van der Waals surface area contributed by atoms with E-state index in [-0.39, 0.29) is 5.91 Å². The minimum Gasteiger partial charge on any atom is -0.344 e. The van der Waals surface area contributed by atoms with Crippen molar-refractivity contribution in [2.75, 3.05) is 13.6 Å². The van der Waals surface area contributed by atoms with Crippen molar-refractivity contribution in [1.82, 2.24) is 4.90 Å². The summed E-state index contributed by atoms with van der Waals surface area (Å²) < 4.78 is 0. The van der Waals surface area contributed by atoms with Gasteiger partial charge in [-0.1, -0.05) is 30.3 Å². The largest absolute Gasteiger partial charge is 0.344 e. The fraction of sp³-hybridized carbons (Fsp3) is 0.500. The van der Waals surface area contributed by atoms with Crippen molar-refractivity contribution in [1.29, 1.82) is 0 Å². The Morgan fingerprint density at radius 2 is 2.06 bits per heavy atom. The van der Waals surface area contributed by atoms with Gasteiger partial charge in [-0.2, -0.15) is 0 Å². The average molecular weight is 232 g/mol. The normalized spacial score (nSPS) is 16.6. The van der Waals surface area contributed by atoms with E-state index >= 15 is 0 Å². The Balaban J connectivity index is 1.85. The summed E-state index contributed by atoms with van der Waals surface area (Å²) in [7, 11) is 1.85. The maximum atomic E-state index is 12.0. The summed E-state index contributed by atoms with van der Waals surface area (Å²) in [6.45, 7) is 0.862. The van der Waals surface area contributed by atoms with Gasteiger partial charge in [0.25, 0.3) is 0 Å². The van der Waals surface area contributed by atoms with Gasteiger partial charge in [0.05, 0.1) is 6.04 Å². The number of nitrogens with zero attached hydrogens (tertiary/aromatic N) is 1. The van der Waals surface area contributed by atoms with Gasteiger partial charge in [0.1, 0.15) is 0 Å². The van der Waals surface area contributed by atoms with Crippen LogP contribution < -0.4 is 5.73 Å². The number of carbonyl (C=O) groups is 1. The number of nitrogens with two attached hydrogens (primary N) is 1. The molecule has 3 nitrogen and oxygen atoms in total. The number of hydrogen-bond acceptors (Lipinski definition) is 2. The number of hydrogen-bond donors (Lipinski definition) is 1. The Morgan fingerprint density at radius 3 is 2.65 bits per heavy atom. The third kappa shape index (κ3) is 3.56. The van der Waals surface area contributed by atoms with Gasteiger partial charge in [-0.3, -0.25) is 4.79 Å². The van der Waals surface area contributed by atoms with E-state index in [9.17, 15) is 4.79 Å². The summed E-state index contributed by atoms with van der Waals surface area (Å²) in [5, 5.41) is 0. The first-order valence-electron chi connectivity index (χ1n) is 6.21. The summed E-state index contributed by atoms with van der Waals surface area (Å²) in [4.78, 5) is 13.8. The fourth-order valence-corrected chi connectivity index (χ4v) is 2.02. The molecule has 1 aromatic rings.